The molecule has 1 unspecified atom stereocenters. The molecule has 0 radical (unpaired) electrons. The summed E-state index contributed by atoms with van der Waals surface area (Å²) in [5.41, 5.74) is -1.55. The van der Waals surface area contributed by atoms with Gasteiger partial charge >= 0.3 is 18.1 Å². The Morgan fingerprint density at radius 1 is 1.04 bits per heavy atom. The lowest BCUT2D eigenvalue weighted by molar-refractivity contribution is -0.330. The van der Waals surface area contributed by atoms with Crippen molar-refractivity contribution >= 4 is 18.1 Å². The van der Waals surface area contributed by atoms with Gasteiger partial charge < -0.3 is 15.3 Å². The van der Waals surface area contributed by atoms with Crippen LogP contribution in [0.3, 0.4) is 0 Å². The minimum Gasteiger partial charge on any atom is -0.343 e. The molecule has 0 aliphatic rings. The molecule has 1 atom stereocenters. The molecule has 0 aromatic rings. The fourth-order valence-corrected chi connectivity index (χ4v) is 0.811. The van der Waals surface area contributed by atoms with Gasteiger partial charge in [-0.05, 0) is 6.08 Å². The highest BCUT2D eigenvalue weighted by atomic mass is 17.3. The molecule has 0 saturated heterocycles. The molecular weight excluding hydrogens is 332 g/mol. The Balaban J connectivity index is 4.57. The summed E-state index contributed by atoms with van der Waals surface area (Å²) in [5, 5.41) is 43.5. The van der Waals surface area contributed by atoms with Gasteiger partial charge in [-0.3, -0.25) is 0 Å². The van der Waals surface area contributed by atoms with Crippen molar-refractivity contribution < 1.29 is 49.3 Å². The summed E-state index contributed by atoms with van der Waals surface area (Å²) in [6, 6.07) is 2.59. The van der Waals surface area contributed by atoms with Crippen LogP contribution in [0.15, 0.2) is 23.8 Å². The smallest absolute Gasteiger partial charge is 0.343 e. The van der Waals surface area contributed by atoms with Gasteiger partial charge in [0, 0.05) is 0 Å². The molecule has 0 aromatic carbocycles. The number of rotatable bonds is 4. The molecule has 12 nitrogen and oxygen atoms in total. The second-order valence-electron chi connectivity index (χ2n) is 3.92. The van der Waals surface area contributed by atoms with Gasteiger partial charge in [0.2, 0.25) is 0 Å². The van der Waals surface area contributed by atoms with Gasteiger partial charge in [0.05, 0.1) is 5.92 Å². The molecule has 0 amide bonds. The Morgan fingerprint density at radius 3 is 1.96 bits per heavy atom. The molecule has 0 spiro atoms. The molecule has 0 rings (SSSR count). The quantitative estimate of drug-likeness (QED) is 0.183. The summed E-state index contributed by atoms with van der Waals surface area (Å²) in [5.74, 6) is -7.65. The van der Waals surface area contributed by atoms with Crippen LogP contribution in [0.1, 0.15) is 6.92 Å². The highest BCUT2D eigenvalue weighted by molar-refractivity contribution is 5.93. The van der Waals surface area contributed by atoms with Crippen molar-refractivity contribution in [3.63, 3.8) is 0 Å². The van der Waals surface area contributed by atoms with E-state index >= 15 is 0 Å². The van der Waals surface area contributed by atoms with Crippen LogP contribution in [0.2, 0.25) is 0 Å². The molecule has 0 aromatic heterocycles. The van der Waals surface area contributed by atoms with E-state index in [0.29, 0.717) is 6.08 Å². The third kappa shape index (κ3) is 7.01. The van der Waals surface area contributed by atoms with E-state index < -0.39 is 41.1 Å². The maximum absolute atomic E-state index is 11.4. The molecule has 0 fully saturated rings. The topological polar surface area (TPSA) is 196 Å². The first-order chi connectivity index (χ1) is 11.0. The van der Waals surface area contributed by atoms with E-state index in [9.17, 15) is 14.4 Å². The summed E-state index contributed by atoms with van der Waals surface area (Å²) in [6.07, 6.45) is -1.22. The molecule has 3 N–H and O–H groups in total. The van der Waals surface area contributed by atoms with Crippen LogP contribution in [-0.2, 0) is 29.1 Å². The van der Waals surface area contributed by atoms with Gasteiger partial charge in [0.15, 0.2) is 0 Å². The highest BCUT2D eigenvalue weighted by Crippen LogP contribution is 2.14. The second kappa shape index (κ2) is 8.86. The fourth-order valence-electron chi connectivity index (χ4n) is 0.811. The predicted octanol–water partition coefficient (Wildman–Crippen LogP) is -1.15. The first-order valence-electron chi connectivity index (χ1n) is 5.72. The molecule has 128 valence electrons. The zero-order valence-electron chi connectivity index (χ0n) is 12.0. The van der Waals surface area contributed by atoms with E-state index in [-0.39, 0.29) is 0 Å². The van der Waals surface area contributed by atoms with Crippen molar-refractivity contribution in [2.75, 3.05) is 0 Å². The standard InChI is InChI=1S/C12H10N2O10/c1-6(4-13)9(15)21-23-11(17)24-22-10(16)8(5-14)3-7(2)12(18,19)20/h3,7,18-20H,1H2,2H3/b8-3+. The third-order valence-corrected chi connectivity index (χ3v) is 2.12. The third-order valence-electron chi connectivity index (χ3n) is 2.12. The van der Waals surface area contributed by atoms with Gasteiger partial charge in [-0.25, -0.2) is 29.1 Å². The molecule has 24 heavy (non-hydrogen) atoms. The van der Waals surface area contributed by atoms with Crippen LogP contribution in [0.25, 0.3) is 0 Å². The lowest BCUT2D eigenvalue weighted by Gasteiger charge is -2.18. The number of hydrogen-bond acceptors (Lipinski definition) is 12. The largest absolute Gasteiger partial charge is 0.592 e. The Bertz CT molecular complexity index is 646. The van der Waals surface area contributed by atoms with Crippen LogP contribution in [0.5, 0.6) is 0 Å². The number of nitrogens with zero attached hydrogens (tertiary/aromatic N) is 2. The molecule has 0 heterocycles. The molecule has 0 saturated carbocycles. The zero-order valence-corrected chi connectivity index (χ0v) is 12.0. The second-order valence-corrected chi connectivity index (χ2v) is 3.92. The van der Waals surface area contributed by atoms with E-state index in [4.69, 9.17) is 25.8 Å². The average Bonchev–Trinajstić information content (AvgIpc) is 2.52. The summed E-state index contributed by atoms with van der Waals surface area (Å²) in [4.78, 5) is 48.3. The van der Waals surface area contributed by atoms with Crippen LogP contribution < -0.4 is 0 Å². The summed E-state index contributed by atoms with van der Waals surface area (Å²) >= 11 is 0. The minimum absolute atomic E-state index is 0.619. The first-order valence-corrected chi connectivity index (χ1v) is 5.72. The van der Waals surface area contributed by atoms with Crippen molar-refractivity contribution in [1.82, 2.24) is 0 Å². The molecule has 0 aliphatic heterocycles. The number of carbonyl (C=O) groups is 3. The highest BCUT2D eigenvalue weighted by Gasteiger charge is 2.28. The van der Waals surface area contributed by atoms with Gasteiger partial charge in [-0.2, -0.15) is 15.3 Å². The Kier molecular flexibility index (Phi) is 7.59. The molecule has 0 aliphatic carbocycles. The lowest BCUT2D eigenvalue weighted by atomic mass is 10.1. The van der Waals surface area contributed by atoms with E-state index in [1.54, 1.807) is 0 Å². The Labute approximate surface area is 133 Å². The van der Waals surface area contributed by atoms with E-state index in [0.717, 1.165) is 6.92 Å². The van der Waals surface area contributed by atoms with Crippen LogP contribution >= 0.6 is 0 Å². The van der Waals surface area contributed by atoms with Crippen LogP contribution in [0, 0.1) is 28.6 Å². The summed E-state index contributed by atoms with van der Waals surface area (Å²) in [6.45, 7) is 3.99. The van der Waals surface area contributed by atoms with Crippen molar-refractivity contribution in [3.8, 4) is 12.1 Å². The number of nitriles is 2. The zero-order chi connectivity index (χ0) is 18.9. The first kappa shape index (κ1) is 20.6. The molecule has 0 bridgehead atoms. The van der Waals surface area contributed by atoms with Gasteiger partial charge in [-0.15, -0.1) is 0 Å². The monoisotopic (exact) mass is 342 g/mol. The lowest BCUT2D eigenvalue weighted by Crippen LogP contribution is -2.34. The number of carbonyl (C=O) groups excluding carboxylic acids is 3. The average molecular weight is 342 g/mol. The van der Waals surface area contributed by atoms with Gasteiger partial charge in [0.25, 0.3) is 5.97 Å². The molecule has 12 heteroatoms. The maximum atomic E-state index is 11.4. The minimum atomic E-state index is -3.21. The van der Waals surface area contributed by atoms with E-state index in [1.807, 2.05) is 0 Å². The predicted molar refractivity (Wildman–Crippen MR) is 66.8 cm³/mol. The Hall–Kier alpha value is -3.45. The van der Waals surface area contributed by atoms with Crippen molar-refractivity contribution in [2.24, 2.45) is 5.92 Å². The maximum Gasteiger partial charge on any atom is 0.592 e. The Morgan fingerprint density at radius 2 is 1.54 bits per heavy atom. The number of hydrogen-bond donors (Lipinski definition) is 3. The van der Waals surface area contributed by atoms with Crippen molar-refractivity contribution in [3.05, 3.63) is 23.8 Å². The molecular formula is C12H10N2O10. The van der Waals surface area contributed by atoms with Gasteiger partial charge in [-0.1, -0.05) is 13.5 Å². The van der Waals surface area contributed by atoms with Crippen molar-refractivity contribution in [2.45, 2.75) is 12.9 Å². The van der Waals surface area contributed by atoms with E-state index in [1.165, 1.54) is 12.1 Å². The van der Waals surface area contributed by atoms with Crippen molar-refractivity contribution in [1.29, 1.82) is 10.5 Å². The van der Waals surface area contributed by atoms with Crippen LogP contribution in [-0.4, -0.2) is 39.4 Å². The fraction of sp³-hybridized carbons (Fsp3) is 0.250. The number of aliphatic hydroxyl groups is 3. The van der Waals surface area contributed by atoms with Crippen LogP contribution in [0.4, 0.5) is 4.79 Å². The van der Waals surface area contributed by atoms with E-state index in [2.05, 4.69) is 26.1 Å². The summed E-state index contributed by atoms with van der Waals surface area (Å²) < 4.78 is 0. The van der Waals surface area contributed by atoms with Gasteiger partial charge in [0.1, 0.15) is 23.3 Å². The summed E-state index contributed by atoms with van der Waals surface area (Å²) in [7, 11) is 0. The SMILES string of the molecule is C=C(C#N)C(=O)OOC(=O)OOC(=O)/C(C#N)=C/C(C)C(O)(O)O. The normalized spacial score (nSPS) is 12.0.